The molecule has 7 nitrogen and oxygen atoms in total. The van der Waals surface area contributed by atoms with Crippen LogP contribution in [0.4, 0.5) is 5.69 Å². The molecule has 1 unspecified atom stereocenters. The third-order valence-corrected chi connectivity index (χ3v) is 2.82. The maximum Gasteiger partial charge on any atom is 0.363 e. The zero-order chi connectivity index (χ0) is 11.9. The Morgan fingerprint density at radius 2 is 2.38 bits per heavy atom. The molecule has 0 amide bonds. The van der Waals surface area contributed by atoms with Gasteiger partial charge in [-0.3, -0.25) is 14.8 Å². The molecule has 1 aliphatic rings. The lowest BCUT2D eigenvalue weighted by molar-refractivity contribution is -0.386. The number of aromatic carboxylic acids is 1. The van der Waals surface area contributed by atoms with Crippen LogP contribution in [0, 0.1) is 10.1 Å². The Balaban J connectivity index is 2.66. The average molecular weight is 225 g/mol. The first-order valence-corrected chi connectivity index (χ1v) is 5.00. The largest absolute Gasteiger partial charge is 0.476 e. The minimum atomic E-state index is -1.35. The van der Waals surface area contributed by atoms with Gasteiger partial charge in [0.05, 0.1) is 4.92 Å². The molecule has 1 aliphatic heterocycles. The quantitative estimate of drug-likeness (QED) is 0.605. The molecule has 1 aromatic rings. The van der Waals surface area contributed by atoms with Gasteiger partial charge in [0, 0.05) is 12.5 Å². The smallest absolute Gasteiger partial charge is 0.363 e. The van der Waals surface area contributed by atoms with Crippen molar-refractivity contribution in [2.45, 2.75) is 32.2 Å². The summed E-state index contributed by atoms with van der Waals surface area (Å²) in [4.78, 5) is 21.1. The van der Waals surface area contributed by atoms with E-state index in [4.69, 9.17) is 5.11 Å². The molecule has 0 radical (unpaired) electrons. The fraction of sp³-hybridized carbons (Fsp3) is 0.556. The summed E-state index contributed by atoms with van der Waals surface area (Å²) >= 11 is 0. The van der Waals surface area contributed by atoms with Crippen molar-refractivity contribution in [1.29, 1.82) is 0 Å². The molecular formula is C9H11N3O4. The molecule has 1 atom stereocenters. The maximum absolute atomic E-state index is 10.9. The molecule has 0 spiro atoms. The number of carboxylic acids is 1. The number of aryl methyl sites for hydroxylation is 1. The summed E-state index contributed by atoms with van der Waals surface area (Å²) in [7, 11) is 0. The van der Waals surface area contributed by atoms with Crippen LogP contribution in [0.2, 0.25) is 0 Å². The average Bonchev–Trinajstić information content (AvgIpc) is 2.58. The molecular weight excluding hydrogens is 214 g/mol. The Kier molecular flexibility index (Phi) is 2.37. The highest BCUT2D eigenvalue weighted by Crippen LogP contribution is 2.35. The zero-order valence-electron chi connectivity index (χ0n) is 8.71. The lowest BCUT2D eigenvalue weighted by atomic mass is 9.97. The van der Waals surface area contributed by atoms with Crippen LogP contribution in [0.5, 0.6) is 0 Å². The summed E-state index contributed by atoms with van der Waals surface area (Å²) in [5, 5.41) is 23.6. The molecule has 16 heavy (non-hydrogen) atoms. The Hall–Kier alpha value is -1.92. The van der Waals surface area contributed by atoms with Crippen molar-refractivity contribution < 1.29 is 14.8 Å². The molecule has 0 aliphatic carbocycles. The lowest BCUT2D eigenvalue weighted by Crippen LogP contribution is -2.15. The topological polar surface area (TPSA) is 98.3 Å². The second-order valence-electron chi connectivity index (χ2n) is 3.91. The van der Waals surface area contributed by atoms with Crippen molar-refractivity contribution in [3.05, 3.63) is 21.5 Å². The summed E-state index contributed by atoms with van der Waals surface area (Å²) in [6, 6.07) is 0. The molecule has 0 saturated carbocycles. The van der Waals surface area contributed by atoms with E-state index in [2.05, 4.69) is 5.10 Å². The van der Waals surface area contributed by atoms with Crippen LogP contribution < -0.4 is 0 Å². The maximum atomic E-state index is 10.9. The lowest BCUT2D eigenvalue weighted by Gasteiger charge is -2.18. The number of hydrogen-bond acceptors (Lipinski definition) is 4. The highest BCUT2D eigenvalue weighted by Gasteiger charge is 2.35. The second kappa shape index (κ2) is 3.58. The first-order valence-electron chi connectivity index (χ1n) is 5.00. The third-order valence-electron chi connectivity index (χ3n) is 2.82. The third kappa shape index (κ3) is 1.44. The van der Waals surface area contributed by atoms with Gasteiger partial charge in [-0.05, 0) is 12.8 Å². The van der Waals surface area contributed by atoms with Crippen molar-refractivity contribution in [3.63, 3.8) is 0 Å². The summed E-state index contributed by atoms with van der Waals surface area (Å²) in [5.41, 5.74) is -0.359. The summed E-state index contributed by atoms with van der Waals surface area (Å²) < 4.78 is 1.45. The Bertz CT molecular complexity index is 466. The molecule has 2 rings (SSSR count). The van der Waals surface area contributed by atoms with Crippen LogP contribution in [0.1, 0.15) is 41.9 Å². The number of carboxylic acid groups (broad SMARTS) is 1. The van der Waals surface area contributed by atoms with Crippen LogP contribution in [0.15, 0.2) is 0 Å². The first-order chi connectivity index (χ1) is 7.52. The second-order valence-corrected chi connectivity index (χ2v) is 3.91. The Morgan fingerprint density at radius 1 is 1.69 bits per heavy atom. The van der Waals surface area contributed by atoms with Crippen LogP contribution in [-0.4, -0.2) is 25.8 Å². The Morgan fingerprint density at radius 3 is 2.94 bits per heavy atom. The number of fused-ring (bicyclic) bond motifs is 1. The van der Waals surface area contributed by atoms with Crippen molar-refractivity contribution in [1.82, 2.24) is 9.78 Å². The Labute approximate surface area is 90.8 Å². The van der Waals surface area contributed by atoms with Gasteiger partial charge >= 0.3 is 11.7 Å². The van der Waals surface area contributed by atoms with Crippen molar-refractivity contribution in [2.24, 2.45) is 0 Å². The van der Waals surface area contributed by atoms with Crippen molar-refractivity contribution in [2.75, 3.05) is 0 Å². The van der Waals surface area contributed by atoms with E-state index in [1.807, 2.05) is 6.92 Å². The number of nitrogens with zero attached hydrogens (tertiary/aromatic N) is 3. The van der Waals surface area contributed by atoms with Crippen LogP contribution >= 0.6 is 0 Å². The highest BCUT2D eigenvalue weighted by molar-refractivity contribution is 5.90. The van der Waals surface area contributed by atoms with E-state index in [-0.39, 0.29) is 11.6 Å². The minimum absolute atomic E-state index is 0.0188. The molecule has 0 bridgehead atoms. The van der Waals surface area contributed by atoms with Crippen molar-refractivity contribution >= 4 is 11.7 Å². The predicted octanol–water partition coefficient (Wildman–Crippen LogP) is 1.39. The number of rotatable bonds is 2. The molecule has 0 aromatic carbocycles. The van der Waals surface area contributed by atoms with E-state index in [1.165, 1.54) is 4.68 Å². The summed E-state index contributed by atoms with van der Waals surface area (Å²) in [6.45, 7) is 2.40. The van der Waals surface area contributed by atoms with Crippen LogP contribution in [-0.2, 0) is 6.54 Å². The van der Waals surface area contributed by atoms with Crippen LogP contribution in [0.3, 0.4) is 0 Å². The fourth-order valence-corrected chi connectivity index (χ4v) is 2.13. The number of nitro groups is 1. The molecule has 1 aromatic heterocycles. The van der Waals surface area contributed by atoms with E-state index in [9.17, 15) is 14.9 Å². The molecule has 86 valence electrons. The van der Waals surface area contributed by atoms with Gasteiger partial charge in [-0.15, -0.1) is 0 Å². The normalized spacial score (nSPS) is 19.2. The zero-order valence-corrected chi connectivity index (χ0v) is 8.71. The SMILES string of the molecule is CC1CCCn2nc(C(=O)O)c([N+](=O)[O-])c21. The van der Waals surface area contributed by atoms with Gasteiger partial charge < -0.3 is 5.11 Å². The minimum Gasteiger partial charge on any atom is -0.476 e. The number of aromatic nitrogens is 2. The van der Waals surface area contributed by atoms with Gasteiger partial charge in [-0.2, -0.15) is 5.10 Å². The van der Waals surface area contributed by atoms with E-state index in [0.29, 0.717) is 12.2 Å². The molecule has 0 fully saturated rings. The highest BCUT2D eigenvalue weighted by atomic mass is 16.6. The number of hydrogen-bond donors (Lipinski definition) is 1. The van der Waals surface area contributed by atoms with Gasteiger partial charge in [-0.25, -0.2) is 4.79 Å². The standard InChI is InChI=1S/C9H11N3O4/c1-5-3-2-4-11-7(5)8(12(15)16)6(10-11)9(13)14/h5H,2-4H2,1H3,(H,13,14). The first kappa shape index (κ1) is 10.6. The van der Waals surface area contributed by atoms with Crippen LogP contribution in [0.25, 0.3) is 0 Å². The summed E-state index contributed by atoms with van der Waals surface area (Å²) in [6.07, 6.45) is 1.69. The predicted molar refractivity (Wildman–Crippen MR) is 53.5 cm³/mol. The monoisotopic (exact) mass is 225 g/mol. The van der Waals surface area contributed by atoms with Gasteiger partial charge in [0.1, 0.15) is 5.69 Å². The van der Waals surface area contributed by atoms with Gasteiger partial charge in [0.15, 0.2) is 0 Å². The van der Waals surface area contributed by atoms with E-state index in [0.717, 1.165) is 12.8 Å². The molecule has 1 N–H and O–H groups in total. The summed E-state index contributed by atoms with van der Waals surface area (Å²) in [5.74, 6) is -1.37. The molecule has 7 heteroatoms. The van der Waals surface area contributed by atoms with Gasteiger partial charge in [0.2, 0.25) is 5.69 Å². The van der Waals surface area contributed by atoms with Crippen molar-refractivity contribution in [3.8, 4) is 0 Å². The molecule has 2 heterocycles. The fourth-order valence-electron chi connectivity index (χ4n) is 2.13. The van der Waals surface area contributed by atoms with E-state index < -0.39 is 16.6 Å². The van der Waals surface area contributed by atoms with E-state index >= 15 is 0 Å². The molecule has 0 saturated heterocycles. The van der Waals surface area contributed by atoms with Gasteiger partial charge in [0.25, 0.3) is 0 Å². The van der Waals surface area contributed by atoms with Gasteiger partial charge in [-0.1, -0.05) is 6.92 Å². The number of carbonyl (C=O) groups is 1. The van der Waals surface area contributed by atoms with E-state index in [1.54, 1.807) is 0 Å².